The van der Waals surface area contributed by atoms with Crippen LogP contribution in [-0.4, -0.2) is 51.8 Å². The van der Waals surface area contributed by atoms with Gasteiger partial charge in [0.1, 0.15) is 23.1 Å². The van der Waals surface area contributed by atoms with Crippen molar-refractivity contribution >= 4 is 5.96 Å². The van der Waals surface area contributed by atoms with Gasteiger partial charge in [-0.3, -0.25) is 4.99 Å². The summed E-state index contributed by atoms with van der Waals surface area (Å²) in [6.07, 6.45) is 1.36. The third-order valence-corrected chi connectivity index (χ3v) is 5.23. The number of rotatable bonds is 6. The fourth-order valence-corrected chi connectivity index (χ4v) is 3.67. The Labute approximate surface area is 170 Å². The van der Waals surface area contributed by atoms with E-state index < -0.39 is 11.6 Å². The lowest BCUT2D eigenvalue weighted by Gasteiger charge is -2.22. The molecule has 156 valence electrons. The van der Waals surface area contributed by atoms with Gasteiger partial charge in [-0.2, -0.15) is 0 Å². The van der Waals surface area contributed by atoms with E-state index in [4.69, 9.17) is 9.47 Å². The van der Waals surface area contributed by atoms with Crippen LogP contribution in [0.4, 0.5) is 8.78 Å². The number of nitrogens with zero attached hydrogens (tertiary/aromatic N) is 2. The highest BCUT2D eigenvalue weighted by atomic mass is 19.1. The van der Waals surface area contributed by atoms with Crippen LogP contribution in [0.15, 0.2) is 41.4 Å². The van der Waals surface area contributed by atoms with Gasteiger partial charge in [-0.15, -0.1) is 0 Å². The van der Waals surface area contributed by atoms with E-state index in [0.717, 1.165) is 49.1 Å². The van der Waals surface area contributed by atoms with Crippen molar-refractivity contribution in [3.63, 3.8) is 0 Å². The molecule has 2 aromatic rings. The van der Waals surface area contributed by atoms with E-state index in [0.29, 0.717) is 24.4 Å². The molecule has 0 aliphatic carbocycles. The summed E-state index contributed by atoms with van der Waals surface area (Å²) in [6, 6.07) is 9.47. The predicted molar refractivity (Wildman–Crippen MR) is 110 cm³/mol. The van der Waals surface area contributed by atoms with Crippen LogP contribution in [0.2, 0.25) is 0 Å². The Morgan fingerprint density at radius 2 is 1.86 bits per heavy atom. The molecule has 2 aromatic carbocycles. The van der Waals surface area contributed by atoms with Crippen molar-refractivity contribution in [2.75, 3.05) is 40.9 Å². The Hall–Kier alpha value is -2.83. The molecular formula is C22H27F2N3O2. The number of halogens is 2. The molecule has 1 aliphatic heterocycles. The molecule has 1 saturated heterocycles. The molecule has 1 aliphatic rings. The van der Waals surface area contributed by atoms with Gasteiger partial charge >= 0.3 is 0 Å². The van der Waals surface area contributed by atoms with E-state index in [1.54, 1.807) is 21.3 Å². The van der Waals surface area contributed by atoms with E-state index >= 15 is 0 Å². The molecule has 1 heterocycles. The maximum atomic E-state index is 13.8. The molecule has 1 unspecified atom stereocenters. The molecule has 7 heteroatoms. The van der Waals surface area contributed by atoms with Gasteiger partial charge in [0.2, 0.25) is 0 Å². The number of hydrogen-bond acceptors (Lipinski definition) is 3. The van der Waals surface area contributed by atoms with Crippen LogP contribution in [-0.2, 0) is 6.42 Å². The molecule has 0 radical (unpaired) electrons. The lowest BCUT2D eigenvalue weighted by molar-refractivity contribution is 0.392. The van der Waals surface area contributed by atoms with Crippen LogP contribution in [0, 0.1) is 11.6 Å². The van der Waals surface area contributed by atoms with E-state index in [1.807, 2.05) is 18.2 Å². The second-order valence-electron chi connectivity index (χ2n) is 7.04. The first kappa shape index (κ1) is 20.9. The van der Waals surface area contributed by atoms with Crippen LogP contribution < -0.4 is 14.8 Å². The van der Waals surface area contributed by atoms with Crippen LogP contribution >= 0.6 is 0 Å². The van der Waals surface area contributed by atoms with Crippen LogP contribution in [0.3, 0.4) is 0 Å². The van der Waals surface area contributed by atoms with Gasteiger partial charge in [0.05, 0.1) is 14.2 Å². The zero-order valence-electron chi connectivity index (χ0n) is 17.0. The average molecular weight is 403 g/mol. The third kappa shape index (κ3) is 5.16. The van der Waals surface area contributed by atoms with E-state index in [-0.39, 0.29) is 0 Å². The quantitative estimate of drug-likeness (QED) is 0.592. The molecule has 1 atom stereocenters. The van der Waals surface area contributed by atoms with Crippen LogP contribution in [0.5, 0.6) is 11.5 Å². The summed E-state index contributed by atoms with van der Waals surface area (Å²) in [5.74, 6) is 1.82. The first-order chi connectivity index (χ1) is 14.0. The number of methoxy groups -OCH3 is 2. The highest BCUT2D eigenvalue weighted by Gasteiger charge is 2.26. The smallest absolute Gasteiger partial charge is 0.193 e. The largest absolute Gasteiger partial charge is 0.497 e. The molecule has 1 fully saturated rings. The number of benzene rings is 2. The number of nitrogens with one attached hydrogen (secondary N) is 1. The second-order valence-corrected chi connectivity index (χ2v) is 7.04. The number of ether oxygens (including phenoxy) is 2. The van der Waals surface area contributed by atoms with Crippen molar-refractivity contribution in [2.24, 2.45) is 4.99 Å². The first-order valence-corrected chi connectivity index (χ1v) is 9.66. The minimum atomic E-state index is -0.429. The molecule has 0 aromatic heterocycles. The summed E-state index contributed by atoms with van der Waals surface area (Å²) in [4.78, 5) is 6.53. The van der Waals surface area contributed by atoms with Crippen molar-refractivity contribution in [1.29, 1.82) is 0 Å². The van der Waals surface area contributed by atoms with E-state index in [2.05, 4.69) is 15.2 Å². The average Bonchev–Trinajstić information content (AvgIpc) is 3.23. The Bertz CT molecular complexity index is 851. The SMILES string of the molecule is CN=C(NCCc1cc(F)ccc1F)N1CCC(c2cc(OC)cc(OC)c2)C1. The molecule has 5 nitrogen and oxygen atoms in total. The normalized spacial score (nSPS) is 16.8. The summed E-state index contributed by atoms with van der Waals surface area (Å²) >= 11 is 0. The molecule has 0 spiro atoms. The number of guanidine groups is 1. The Balaban J connectivity index is 1.60. The van der Waals surface area contributed by atoms with Crippen molar-refractivity contribution in [3.05, 3.63) is 59.2 Å². The predicted octanol–water partition coefficient (Wildman–Crippen LogP) is 3.59. The maximum absolute atomic E-state index is 13.8. The Morgan fingerprint density at radius 3 is 2.52 bits per heavy atom. The second kappa shape index (κ2) is 9.58. The van der Waals surface area contributed by atoms with Gasteiger partial charge < -0.3 is 19.7 Å². The minimum absolute atomic E-state index is 0.332. The molecule has 1 N–H and O–H groups in total. The topological polar surface area (TPSA) is 46.1 Å². The van der Waals surface area contributed by atoms with E-state index in [1.165, 1.54) is 11.6 Å². The molecule has 29 heavy (non-hydrogen) atoms. The molecule has 3 rings (SSSR count). The lowest BCUT2D eigenvalue weighted by Crippen LogP contribution is -2.40. The standard InChI is InChI=1S/C22H27F2N3O2/c1-25-22(26-8-6-15-10-18(23)4-5-21(15)24)27-9-7-16(14-27)17-11-19(28-2)13-20(12-17)29-3/h4-5,10-13,16H,6-9,14H2,1-3H3,(H,25,26). The van der Waals surface area contributed by atoms with E-state index in [9.17, 15) is 8.78 Å². The Kier molecular flexibility index (Phi) is 6.90. The van der Waals surface area contributed by atoms with Crippen LogP contribution in [0.1, 0.15) is 23.5 Å². The summed E-state index contributed by atoms with van der Waals surface area (Å²) < 4.78 is 37.9. The molecule has 0 saturated carbocycles. The van der Waals surface area contributed by atoms with Gasteiger partial charge in [0, 0.05) is 38.7 Å². The van der Waals surface area contributed by atoms with Crippen molar-refractivity contribution in [1.82, 2.24) is 10.2 Å². The fourth-order valence-electron chi connectivity index (χ4n) is 3.67. The maximum Gasteiger partial charge on any atom is 0.193 e. The van der Waals surface area contributed by atoms with Gasteiger partial charge in [-0.1, -0.05) is 0 Å². The molecule has 0 amide bonds. The summed E-state index contributed by atoms with van der Waals surface area (Å²) in [5, 5.41) is 3.26. The van der Waals surface area contributed by atoms with Gasteiger partial charge in [0.15, 0.2) is 5.96 Å². The lowest BCUT2D eigenvalue weighted by atomic mass is 9.98. The zero-order valence-corrected chi connectivity index (χ0v) is 17.0. The van der Waals surface area contributed by atoms with Gasteiger partial charge in [0.25, 0.3) is 0 Å². The van der Waals surface area contributed by atoms with Gasteiger partial charge in [-0.05, 0) is 54.3 Å². The summed E-state index contributed by atoms with van der Waals surface area (Å²) in [5.41, 5.74) is 1.52. The van der Waals surface area contributed by atoms with Crippen molar-refractivity contribution < 1.29 is 18.3 Å². The number of hydrogen-bond donors (Lipinski definition) is 1. The first-order valence-electron chi connectivity index (χ1n) is 9.66. The van der Waals surface area contributed by atoms with Gasteiger partial charge in [-0.25, -0.2) is 8.78 Å². The highest BCUT2D eigenvalue weighted by molar-refractivity contribution is 5.80. The fraction of sp³-hybridized carbons (Fsp3) is 0.409. The number of likely N-dealkylation sites (tertiary alicyclic amines) is 1. The number of aliphatic imine (C=N–C) groups is 1. The highest BCUT2D eigenvalue weighted by Crippen LogP contribution is 2.32. The molecular weight excluding hydrogens is 376 g/mol. The minimum Gasteiger partial charge on any atom is -0.497 e. The molecule has 0 bridgehead atoms. The summed E-state index contributed by atoms with van der Waals surface area (Å²) in [7, 11) is 5.02. The summed E-state index contributed by atoms with van der Waals surface area (Å²) in [6.45, 7) is 2.14. The van der Waals surface area contributed by atoms with Crippen molar-refractivity contribution in [3.8, 4) is 11.5 Å². The van der Waals surface area contributed by atoms with Crippen molar-refractivity contribution in [2.45, 2.75) is 18.8 Å². The Morgan fingerprint density at radius 1 is 1.14 bits per heavy atom. The zero-order chi connectivity index (χ0) is 20.8. The third-order valence-electron chi connectivity index (χ3n) is 5.23. The monoisotopic (exact) mass is 403 g/mol. The van der Waals surface area contributed by atoms with Crippen LogP contribution in [0.25, 0.3) is 0 Å².